The SMILES string of the molecule is CNc1ncc2c(n1)-c1ccccc1C1(CCN(S(=O)(=O)c3ccccc3C)CC1)C2. The quantitative estimate of drug-likeness (QED) is 0.679. The van der Waals surface area contributed by atoms with E-state index in [0.717, 1.165) is 41.6 Å². The smallest absolute Gasteiger partial charge is 0.243 e. The molecule has 1 aliphatic heterocycles. The average molecular weight is 435 g/mol. The van der Waals surface area contributed by atoms with Crippen LogP contribution in [0, 0.1) is 6.92 Å². The van der Waals surface area contributed by atoms with Gasteiger partial charge in [0.15, 0.2) is 0 Å². The van der Waals surface area contributed by atoms with Crippen molar-refractivity contribution in [2.45, 2.75) is 36.5 Å². The molecule has 0 radical (unpaired) electrons. The maximum atomic E-state index is 13.3. The lowest BCUT2D eigenvalue weighted by molar-refractivity contribution is 0.229. The molecule has 6 nitrogen and oxygen atoms in total. The lowest BCUT2D eigenvalue weighted by Crippen LogP contribution is -2.47. The number of benzene rings is 2. The molecule has 0 bridgehead atoms. The summed E-state index contributed by atoms with van der Waals surface area (Å²) < 4.78 is 28.2. The van der Waals surface area contributed by atoms with Crippen molar-refractivity contribution in [3.63, 3.8) is 0 Å². The fourth-order valence-corrected chi connectivity index (χ4v) is 6.75. The summed E-state index contributed by atoms with van der Waals surface area (Å²) in [6.45, 7) is 2.87. The van der Waals surface area contributed by atoms with Crippen LogP contribution in [0.25, 0.3) is 11.3 Å². The third-order valence-electron chi connectivity index (χ3n) is 6.76. The number of anilines is 1. The number of aryl methyl sites for hydroxylation is 1. The summed E-state index contributed by atoms with van der Waals surface area (Å²) in [5, 5.41) is 3.03. The molecule has 31 heavy (non-hydrogen) atoms. The summed E-state index contributed by atoms with van der Waals surface area (Å²) >= 11 is 0. The summed E-state index contributed by atoms with van der Waals surface area (Å²) in [6, 6.07) is 15.6. The highest BCUT2D eigenvalue weighted by Crippen LogP contribution is 2.48. The van der Waals surface area contributed by atoms with E-state index in [1.54, 1.807) is 16.4 Å². The van der Waals surface area contributed by atoms with Crippen LogP contribution in [0.15, 0.2) is 59.6 Å². The fraction of sp³-hybridized carbons (Fsp3) is 0.333. The minimum absolute atomic E-state index is 0.0914. The molecule has 5 rings (SSSR count). The maximum Gasteiger partial charge on any atom is 0.243 e. The number of sulfonamides is 1. The van der Waals surface area contributed by atoms with Gasteiger partial charge in [-0.3, -0.25) is 0 Å². The molecule has 0 unspecified atom stereocenters. The van der Waals surface area contributed by atoms with Crippen molar-refractivity contribution >= 4 is 16.0 Å². The zero-order valence-corrected chi connectivity index (χ0v) is 18.6. The Hall–Kier alpha value is -2.77. The molecule has 2 aromatic carbocycles. The molecular weight excluding hydrogens is 408 g/mol. The molecule has 1 saturated heterocycles. The first kappa shape index (κ1) is 20.2. The first-order valence-electron chi connectivity index (χ1n) is 10.6. The third kappa shape index (κ3) is 3.23. The van der Waals surface area contributed by atoms with Crippen LogP contribution in [0.5, 0.6) is 0 Å². The van der Waals surface area contributed by atoms with Crippen LogP contribution >= 0.6 is 0 Å². The topological polar surface area (TPSA) is 75.2 Å². The normalized spacial score (nSPS) is 17.7. The van der Waals surface area contributed by atoms with Gasteiger partial charge in [-0.15, -0.1) is 0 Å². The Kier molecular flexibility index (Phi) is 4.83. The zero-order valence-electron chi connectivity index (χ0n) is 17.8. The van der Waals surface area contributed by atoms with Crippen LogP contribution in [0.3, 0.4) is 0 Å². The van der Waals surface area contributed by atoms with Gasteiger partial charge in [0, 0.05) is 37.3 Å². The number of nitrogens with zero attached hydrogens (tertiary/aromatic N) is 3. The average Bonchev–Trinajstić information content (AvgIpc) is 2.80. The van der Waals surface area contributed by atoms with Gasteiger partial charge < -0.3 is 5.32 Å². The summed E-state index contributed by atoms with van der Waals surface area (Å²) in [7, 11) is -1.67. The highest BCUT2D eigenvalue weighted by Gasteiger charge is 2.44. The van der Waals surface area contributed by atoms with Gasteiger partial charge >= 0.3 is 0 Å². The van der Waals surface area contributed by atoms with Crippen LogP contribution in [0.1, 0.15) is 29.5 Å². The molecule has 1 aromatic heterocycles. The van der Waals surface area contributed by atoms with E-state index in [1.807, 2.05) is 38.4 Å². The van der Waals surface area contributed by atoms with E-state index >= 15 is 0 Å². The first-order valence-corrected chi connectivity index (χ1v) is 12.1. The van der Waals surface area contributed by atoms with Crippen molar-refractivity contribution in [1.82, 2.24) is 14.3 Å². The molecular formula is C24H26N4O2S. The monoisotopic (exact) mass is 434 g/mol. The van der Waals surface area contributed by atoms with Crippen molar-refractivity contribution < 1.29 is 8.42 Å². The highest BCUT2D eigenvalue weighted by atomic mass is 32.2. The Labute approximate surface area is 183 Å². The largest absolute Gasteiger partial charge is 0.357 e. The molecule has 0 atom stereocenters. The molecule has 3 aromatic rings. The number of fused-ring (bicyclic) bond motifs is 4. The molecule has 1 N–H and O–H groups in total. The van der Waals surface area contributed by atoms with E-state index in [9.17, 15) is 8.42 Å². The van der Waals surface area contributed by atoms with Gasteiger partial charge in [-0.05, 0) is 48.9 Å². The zero-order chi connectivity index (χ0) is 21.6. The first-order chi connectivity index (χ1) is 14.9. The third-order valence-corrected chi connectivity index (χ3v) is 8.82. The van der Waals surface area contributed by atoms with E-state index in [1.165, 1.54) is 5.56 Å². The fourth-order valence-electron chi connectivity index (χ4n) is 5.09. The van der Waals surface area contributed by atoms with Crippen molar-refractivity contribution in [3.8, 4) is 11.3 Å². The van der Waals surface area contributed by atoms with Gasteiger partial charge in [0.25, 0.3) is 0 Å². The Morgan fingerprint density at radius 2 is 1.74 bits per heavy atom. The number of piperidine rings is 1. The lowest BCUT2D eigenvalue weighted by Gasteiger charge is -2.45. The molecule has 7 heteroatoms. The second-order valence-electron chi connectivity index (χ2n) is 8.49. The second kappa shape index (κ2) is 7.43. The van der Waals surface area contributed by atoms with Gasteiger partial charge in [-0.1, -0.05) is 42.5 Å². The van der Waals surface area contributed by atoms with E-state index in [2.05, 4.69) is 28.5 Å². The standard InChI is InChI=1S/C24H26N4O2S/c1-17-7-3-6-10-21(17)31(29,30)28-13-11-24(12-14-28)15-18-16-26-23(25-2)27-22(18)19-8-4-5-9-20(19)24/h3-10,16H,11-15H2,1-2H3,(H,25,26,27). The Morgan fingerprint density at radius 3 is 2.48 bits per heavy atom. The molecule has 1 fully saturated rings. The van der Waals surface area contributed by atoms with Crippen molar-refractivity contribution in [2.24, 2.45) is 0 Å². The molecule has 0 amide bonds. The summed E-state index contributed by atoms with van der Waals surface area (Å²) in [5.41, 5.74) is 5.22. The molecule has 1 aliphatic carbocycles. The summed E-state index contributed by atoms with van der Waals surface area (Å²) in [4.78, 5) is 9.57. The van der Waals surface area contributed by atoms with E-state index in [4.69, 9.17) is 4.98 Å². The number of nitrogens with one attached hydrogen (secondary N) is 1. The van der Waals surface area contributed by atoms with Gasteiger partial charge in [0.2, 0.25) is 16.0 Å². The molecule has 1 spiro atoms. The van der Waals surface area contributed by atoms with Gasteiger partial charge in [-0.2, -0.15) is 4.31 Å². The molecule has 160 valence electrons. The highest BCUT2D eigenvalue weighted by molar-refractivity contribution is 7.89. The van der Waals surface area contributed by atoms with Crippen molar-refractivity contribution in [2.75, 3.05) is 25.5 Å². The van der Waals surface area contributed by atoms with E-state index in [-0.39, 0.29) is 5.41 Å². The Balaban J connectivity index is 1.48. The Bertz CT molecular complexity index is 1250. The van der Waals surface area contributed by atoms with Crippen LogP contribution < -0.4 is 5.32 Å². The van der Waals surface area contributed by atoms with Crippen LogP contribution in [0.2, 0.25) is 0 Å². The minimum atomic E-state index is -3.49. The van der Waals surface area contributed by atoms with Crippen LogP contribution in [0.4, 0.5) is 5.95 Å². The minimum Gasteiger partial charge on any atom is -0.357 e. The van der Waals surface area contributed by atoms with Gasteiger partial charge in [0.05, 0.1) is 10.6 Å². The van der Waals surface area contributed by atoms with Crippen molar-refractivity contribution in [3.05, 3.63) is 71.4 Å². The van der Waals surface area contributed by atoms with Crippen LogP contribution in [-0.4, -0.2) is 42.8 Å². The molecule has 0 saturated carbocycles. The van der Waals surface area contributed by atoms with E-state index in [0.29, 0.717) is 23.9 Å². The lowest BCUT2D eigenvalue weighted by atomic mass is 9.64. The predicted octanol–water partition coefficient (Wildman–Crippen LogP) is 3.77. The summed E-state index contributed by atoms with van der Waals surface area (Å²) in [5.74, 6) is 0.614. The van der Waals surface area contributed by atoms with E-state index < -0.39 is 10.0 Å². The summed E-state index contributed by atoms with van der Waals surface area (Å²) in [6.07, 6.45) is 4.31. The molecule has 2 heterocycles. The number of hydrogen-bond acceptors (Lipinski definition) is 5. The number of hydrogen-bond donors (Lipinski definition) is 1. The number of aromatic nitrogens is 2. The van der Waals surface area contributed by atoms with Crippen LogP contribution in [-0.2, 0) is 21.9 Å². The molecule has 2 aliphatic rings. The van der Waals surface area contributed by atoms with Gasteiger partial charge in [0.1, 0.15) is 0 Å². The predicted molar refractivity (Wildman–Crippen MR) is 122 cm³/mol. The number of rotatable bonds is 3. The van der Waals surface area contributed by atoms with Gasteiger partial charge in [-0.25, -0.2) is 18.4 Å². The maximum absolute atomic E-state index is 13.3. The Morgan fingerprint density at radius 1 is 1.03 bits per heavy atom. The second-order valence-corrected chi connectivity index (χ2v) is 10.4. The van der Waals surface area contributed by atoms with Crippen molar-refractivity contribution in [1.29, 1.82) is 0 Å².